The van der Waals surface area contributed by atoms with Gasteiger partial charge in [0.1, 0.15) is 11.3 Å². The molecule has 5 rings (SSSR count). The molecule has 0 aliphatic carbocycles. The van der Waals surface area contributed by atoms with Gasteiger partial charge in [0.05, 0.1) is 34.5 Å². The van der Waals surface area contributed by atoms with Gasteiger partial charge >= 0.3 is 0 Å². The van der Waals surface area contributed by atoms with Gasteiger partial charge in [0, 0.05) is 37.9 Å². The van der Waals surface area contributed by atoms with Crippen LogP contribution in [0, 0.1) is 13.8 Å². The van der Waals surface area contributed by atoms with E-state index in [2.05, 4.69) is 39.9 Å². The van der Waals surface area contributed by atoms with Gasteiger partial charge in [-0.15, -0.1) is 6.58 Å². The number of hydrogen-bond donors (Lipinski definition) is 1. The van der Waals surface area contributed by atoms with Crippen LogP contribution in [0.2, 0.25) is 0 Å². The van der Waals surface area contributed by atoms with E-state index in [0.717, 1.165) is 54.2 Å². The first-order valence-corrected chi connectivity index (χ1v) is 11.0. The number of aryl methyl sites for hydroxylation is 3. The summed E-state index contributed by atoms with van der Waals surface area (Å²) in [6.07, 6.45) is 6.52. The first-order valence-electron chi connectivity index (χ1n) is 11.0. The molecule has 1 fully saturated rings. The fraction of sp³-hybridized carbons (Fsp3) is 0.333. The highest BCUT2D eigenvalue weighted by atomic mass is 16.1. The van der Waals surface area contributed by atoms with Crippen molar-refractivity contribution in [1.82, 2.24) is 29.3 Å². The van der Waals surface area contributed by atoms with Crippen LogP contribution in [-0.2, 0) is 6.42 Å². The van der Waals surface area contributed by atoms with E-state index in [-0.39, 0.29) is 11.6 Å². The average Bonchev–Trinajstić information content (AvgIpc) is 3.23. The van der Waals surface area contributed by atoms with Gasteiger partial charge in [0.2, 0.25) is 0 Å². The van der Waals surface area contributed by atoms with Crippen LogP contribution in [0.3, 0.4) is 0 Å². The molecule has 32 heavy (non-hydrogen) atoms. The molecular weight excluding hydrogens is 402 g/mol. The third-order valence-electron chi connectivity index (χ3n) is 6.03. The Morgan fingerprint density at radius 1 is 1.19 bits per heavy atom. The molecule has 5 heterocycles. The van der Waals surface area contributed by atoms with E-state index >= 15 is 0 Å². The molecule has 0 spiro atoms. The number of nitrogens with one attached hydrogen (secondary N) is 1. The second-order valence-electron chi connectivity index (χ2n) is 8.34. The van der Waals surface area contributed by atoms with Crippen LogP contribution < -0.4 is 15.8 Å². The van der Waals surface area contributed by atoms with Gasteiger partial charge in [-0.3, -0.25) is 14.2 Å². The van der Waals surface area contributed by atoms with Gasteiger partial charge in [-0.1, -0.05) is 13.0 Å². The summed E-state index contributed by atoms with van der Waals surface area (Å²) in [6, 6.07) is 5.86. The molecule has 1 aliphatic rings. The van der Waals surface area contributed by atoms with E-state index in [1.54, 1.807) is 10.5 Å². The van der Waals surface area contributed by atoms with Crippen molar-refractivity contribution >= 4 is 16.9 Å². The van der Waals surface area contributed by atoms with Gasteiger partial charge in [0.25, 0.3) is 5.56 Å². The predicted molar refractivity (Wildman–Crippen MR) is 126 cm³/mol. The number of fused-ring (bicyclic) bond motifs is 2. The molecule has 164 valence electrons. The Bertz CT molecular complexity index is 1400. The molecule has 1 atom stereocenters. The van der Waals surface area contributed by atoms with E-state index in [1.165, 1.54) is 0 Å². The molecule has 0 amide bonds. The number of pyridine rings is 1. The number of piperazine rings is 1. The normalized spacial score (nSPS) is 16.7. The van der Waals surface area contributed by atoms with Crippen molar-refractivity contribution < 1.29 is 0 Å². The fourth-order valence-electron chi connectivity index (χ4n) is 4.39. The fourth-order valence-corrected chi connectivity index (χ4v) is 4.39. The van der Waals surface area contributed by atoms with Gasteiger partial charge < -0.3 is 10.2 Å². The maximum atomic E-state index is 13.1. The standard InChI is InChI=1S/C24H27N7O/c1-5-17-13-29(8-7-25-17)18-9-15(3)24-27-20(11-23(32)30(24)14-18)21-10-22-19(6-2)26-16(4)12-31(22)28-21/h5,9-12,14,17,25H,1,6-8,13H2,2-4H3/t17-/m1/s1. The molecular formula is C24H27N7O. The topological polar surface area (TPSA) is 79.8 Å². The van der Waals surface area contributed by atoms with Gasteiger partial charge in [-0.2, -0.15) is 5.10 Å². The Morgan fingerprint density at radius 2 is 2.03 bits per heavy atom. The summed E-state index contributed by atoms with van der Waals surface area (Å²) in [5.41, 5.74) is 6.57. The Balaban J connectivity index is 1.60. The third kappa shape index (κ3) is 3.46. The van der Waals surface area contributed by atoms with Crippen LogP contribution in [0.15, 0.2) is 48.0 Å². The summed E-state index contributed by atoms with van der Waals surface area (Å²) < 4.78 is 3.47. The van der Waals surface area contributed by atoms with Crippen LogP contribution in [0.4, 0.5) is 5.69 Å². The van der Waals surface area contributed by atoms with Gasteiger partial charge in [0.15, 0.2) is 0 Å². The maximum absolute atomic E-state index is 13.1. The van der Waals surface area contributed by atoms with Crippen molar-refractivity contribution in [3.63, 3.8) is 0 Å². The van der Waals surface area contributed by atoms with E-state index in [9.17, 15) is 4.79 Å². The summed E-state index contributed by atoms with van der Waals surface area (Å²) in [5, 5.41) is 8.11. The predicted octanol–water partition coefficient (Wildman–Crippen LogP) is 2.55. The Morgan fingerprint density at radius 3 is 2.81 bits per heavy atom. The summed E-state index contributed by atoms with van der Waals surface area (Å²) in [6.45, 7) is 12.5. The molecule has 4 aromatic heterocycles. The van der Waals surface area contributed by atoms with Crippen LogP contribution in [-0.4, -0.2) is 49.7 Å². The van der Waals surface area contributed by atoms with Crippen LogP contribution in [0.25, 0.3) is 22.6 Å². The molecule has 4 aromatic rings. The first-order chi connectivity index (χ1) is 15.5. The molecule has 8 heteroatoms. The Hall–Kier alpha value is -3.52. The molecule has 0 bridgehead atoms. The zero-order valence-electron chi connectivity index (χ0n) is 18.7. The Kier molecular flexibility index (Phi) is 5.01. The molecule has 0 radical (unpaired) electrons. The smallest absolute Gasteiger partial charge is 0.258 e. The maximum Gasteiger partial charge on any atom is 0.258 e. The quantitative estimate of drug-likeness (QED) is 0.502. The number of nitrogens with zero attached hydrogens (tertiary/aromatic N) is 6. The number of hydrogen-bond acceptors (Lipinski definition) is 6. The number of aromatic nitrogens is 5. The zero-order chi connectivity index (χ0) is 22.4. The highest BCUT2D eigenvalue weighted by molar-refractivity contribution is 5.67. The van der Waals surface area contributed by atoms with Gasteiger partial charge in [-0.05, 0) is 38.0 Å². The number of anilines is 1. The van der Waals surface area contributed by atoms with Crippen molar-refractivity contribution in [3.8, 4) is 11.4 Å². The van der Waals surface area contributed by atoms with Crippen molar-refractivity contribution in [1.29, 1.82) is 0 Å². The number of rotatable bonds is 4. The van der Waals surface area contributed by atoms with E-state index in [0.29, 0.717) is 17.0 Å². The van der Waals surface area contributed by atoms with Crippen molar-refractivity contribution in [2.75, 3.05) is 24.5 Å². The molecule has 8 nitrogen and oxygen atoms in total. The molecule has 0 saturated carbocycles. The second kappa shape index (κ2) is 7.87. The average molecular weight is 430 g/mol. The molecule has 0 unspecified atom stereocenters. The lowest BCUT2D eigenvalue weighted by molar-refractivity contribution is 0.518. The van der Waals surface area contributed by atoms with Gasteiger partial charge in [-0.25, -0.2) is 9.50 Å². The zero-order valence-corrected chi connectivity index (χ0v) is 18.7. The lowest BCUT2D eigenvalue weighted by Gasteiger charge is -2.34. The molecule has 1 aliphatic heterocycles. The van der Waals surface area contributed by atoms with Crippen molar-refractivity contribution in [2.24, 2.45) is 0 Å². The van der Waals surface area contributed by atoms with E-state index < -0.39 is 0 Å². The lowest BCUT2D eigenvalue weighted by atomic mass is 10.1. The van der Waals surface area contributed by atoms with Crippen LogP contribution >= 0.6 is 0 Å². The Labute approximate surface area is 186 Å². The SMILES string of the molecule is C=C[C@@H]1CN(c2cc(C)c3nc(-c4cc5c(CC)nc(C)cn5n4)cc(=O)n3c2)CCN1. The highest BCUT2D eigenvalue weighted by Crippen LogP contribution is 2.23. The summed E-state index contributed by atoms with van der Waals surface area (Å²) in [7, 11) is 0. The molecule has 0 aromatic carbocycles. The lowest BCUT2D eigenvalue weighted by Crippen LogP contribution is -2.49. The molecule has 1 N–H and O–H groups in total. The summed E-state index contributed by atoms with van der Waals surface area (Å²) in [5.74, 6) is 0. The van der Waals surface area contributed by atoms with E-state index in [1.807, 2.05) is 42.9 Å². The third-order valence-corrected chi connectivity index (χ3v) is 6.03. The van der Waals surface area contributed by atoms with Crippen molar-refractivity contribution in [3.05, 3.63) is 70.6 Å². The summed E-state index contributed by atoms with van der Waals surface area (Å²) in [4.78, 5) is 24.8. The van der Waals surface area contributed by atoms with Crippen molar-refractivity contribution in [2.45, 2.75) is 33.2 Å². The van der Waals surface area contributed by atoms with E-state index in [4.69, 9.17) is 4.98 Å². The largest absolute Gasteiger partial charge is 0.367 e. The highest BCUT2D eigenvalue weighted by Gasteiger charge is 2.19. The second-order valence-corrected chi connectivity index (χ2v) is 8.34. The van der Waals surface area contributed by atoms with Crippen LogP contribution in [0.5, 0.6) is 0 Å². The molecule has 1 saturated heterocycles. The first kappa shape index (κ1) is 20.4. The minimum absolute atomic E-state index is 0.118. The van der Waals surface area contributed by atoms with Crippen LogP contribution in [0.1, 0.15) is 23.9 Å². The monoisotopic (exact) mass is 429 g/mol. The minimum atomic E-state index is -0.118. The minimum Gasteiger partial charge on any atom is -0.367 e. The summed E-state index contributed by atoms with van der Waals surface area (Å²) >= 11 is 0.